The average molecular weight is 317 g/mol. The van der Waals surface area contributed by atoms with Crippen molar-refractivity contribution in [2.75, 3.05) is 33.2 Å². The molecule has 1 aromatic heterocycles. The second-order valence-electron chi connectivity index (χ2n) is 6.89. The largest absolute Gasteiger partial charge is 0.347 e. The molecule has 1 N–H and O–H groups in total. The number of aromatic nitrogens is 2. The van der Waals surface area contributed by atoms with E-state index in [1.54, 1.807) is 12.4 Å². The van der Waals surface area contributed by atoms with Crippen LogP contribution in [0.3, 0.4) is 0 Å². The van der Waals surface area contributed by atoms with Crippen LogP contribution in [0.15, 0.2) is 12.4 Å². The standard InChI is InChI=1S/C17H27N5O/c1-13-10-19-16(11-18-13)17(23)20-14-4-3-7-22(12-14)15-5-8-21(2)9-6-15/h10-11,14-15H,3-9,12H2,1-2H3,(H,20,23). The van der Waals surface area contributed by atoms with Crippen LogP contribution in [0, 0.1) is 6.92 Å². The smallest absolute Gasteiger partial charge is 0.271 e. The zero-order valence-corrected chi connectivity index (χ0v) is 14.2. The lowest BCUT2D eigenvalue weighted by atomic mass is 9.98. The van der Waals surface area contributed by atoms with E-state index in [-0.39, 0.29) is 11.9 Å². The van der Waals surface area contributed by atoms with Crippen molar-refractivity contribution in [3.8, 4) is 0 Å². The molecule has 0 radical (unpaired) electrons. The Morgan fingerprint density at radius 2 is 1.96 bits per heavy atom. The molecule has 2 saturated heterocycles. The number of nitrogens with zero attached hydrogens (tertiary/aromatic N) is 4. The number of carbonyl (C=O) groups is 1. The van der Waals surface area contributed by atoms with Crippen LogP contribution in [0.5, 0.6) is 0 Å². The number of hydrogen-bond acceptors (Lipinski definition) is 5. The zero-order chi connectivity index (χ0) is 16.2. The summed E-state index contributed by atoms with van der Waals surface area (Å²) in [6.45, 7) is 6.34. The van der Waals surface area contributed by atoms with Gasteiger partial charge in [0.25, 0.3) is 5.91 Å². The summed E-state index contributed by atoms with van der Waals surface area (Å²) in [5.41, 5.74) is 1.24. The molecule has 23 heavy (non-hydrogen) atoms. The van der Waals surface area contributed by atoms with E-state index in [0.29, 0.717) is 11.7 Å². The van der Waals surface area contributed by atoms with Crippen LogP contribution >= 0.6 is 0 Å². The highest BCUT2D eigenvalue weighted by Crippen LogP contribution is 2.20. The first kappa shape index (κ1) is 16.3. The molecular formula is C17H27N5O. The van der Waals surface area contributed by atoms with Gasteiger partial charge in [-0.2, -0.15) is 0 Å². The van der Waals surface area contributed by atoms with Gasteiger partial charge < -0.3 is 10.2 Å². The molecule has 3 rings (SSSR count). The fourth-order valence-electron chi connectivity index (χ4n) is 3.59. The maximum absolute atomic E-state index is 12.3. The molecule has 6 nitrogen and oxygen atoms in total. The van der Waals surface area contributed by atoms with Crippen molar-refractivity contribution in [3.63, 3.8) is 0 Å². The number of hydrogen-bond donors (Lipinski definition) is 1. The van der Waals surface area contributed by atoms with Crippen LogP contribution in [-0.2, 0) is 0 Å². The molecule has 126 valence electrons. The number of nitrogens with one attached hydrogen (secondary N) is 1. The van der Waals surface area contributed by atoms with Gasteiger partial charge in [-0.25, -0.2) is 4.98 Å². The minimum atomic E-state index is -0.104. The molecule has 1 aromatic rings. The first-order valence-corrected chi connectivity index (χ1v) is 8.64. The Kier molecular flexibility index (Phi) is 5.23. The highest BCUT2D eigenvalue weighted by Gasteiger charge is 2.28. The zero-order valence-electron chi connectivity index (χ0n) is 14.2. The first-order chi connectivity index (χ1) is 11.1. The normalized spacial score (nSPS) is 24.5. The summed E-state index contributed by atoms with van der Waals surface area (Å²) in [5, 5.41) is 3.14. The van der Waals surface area contributed by atoms with E-state index in [0.717, 1.165) is 31.6 Å². The Hall–Kier alpha value is -1.53. The molecule has 0 bridgehead atoms. The fourth-order valence-corrected chi connectivity index (χ4v) is 3.59. The second-order valence-corrected chi connectivity index (χ2v) is 6.89. The van der Waals surface area contributed by atoms with E-state index >= 15 is 0 Å². The van der Waals surface area contributed by atoms with E-state index in [2.05, 4.69) is 32.1 Å². The molecule has 2 aliphatic rings. The first-order valence-electron chi connectivity index (χ1n) is 8.64. The minimum Gasteiger partial charge on any atom is -0.347 e. The van der Waals surface area contributed by atoms with Crippen LogP contribution in [0.2, 0.25) is 0 Å². The number of likely N-dealkylation sites (tertiary alicyclic amines) is 2. The summed E-state index contributed by atoms with van der Waals surface area (Å²) in [7, 11) is 2.19. The SMILES string of the molecule is Cc1cnc(C(=O)NC2CCCN(C3CCN(C)CC3)C2)cn1. The summed E-state index contributed by atoms with van der Waals surface area (Å²) in [6.07, 6.45) is 7.87. The molecule has 1 unspecified atom stereocenters. The molecule has 6 heteroatoms. The van der Waals surface area contributed by atoms with Crippen molar-refractivity contribution in [2.24, 2.45) is 0 Å². The molecular weight excluding hydrogens is 290 g/mol. The van der Waals surface area contributed by atoms with Gasteiger partial charge in [-0.05, 0) is 59.3 Å². The lowest BCUT2D eigenvalue weighted by Gasteiger charge is -2.41. The quantitative estimate of drug-likeness (QED) is 0.904. The highest BCUT2D eigenvalue weighted by molar-refractivity contribution is 5.92. The van der Waals surface area contributed by atoms with Gasteiger partial charge in [0.2, 0.25) is 0 Å². The maximum atomic E-state index is 12.3. The van der Waals surface area contributed by atoms with E-state index in [4.69, 9.17) is 0 Å². The van der Waals surface area contributed by atoms with Gasteiger partial charge in [0.05, 0.1) is 11.9 Å². The molecule has 1 atom stereocenters. The Morgan fingerprint density at radius 3 is 2.65 bits per heavy atom. The monoisotopic (exact) mass is 317 g/mol. The average Bonchev–Trinajstić information content (AvgIpc) is 2.56. The van der Waals surface area contributed by atoms with Crippen molar-refractivity contribution < 1.29 is 4.79 Å². The number of amides is 1. The molecule has 1 amide bonds. The lowest BCUT2D eigenvalue weighted by molar-refractivity contribution is 0.0763. The van der Waals surface area contributed by atoms with Crippen LogP contribution < -0.4 is 5.32 Å². The number of aryl methyl sites for hydroxylation is 1. The molecule has 3 heterocycles. The molecule has 2 aliphatic heterocycles. The Balaban J connectivity index is 1.54. The van der Waals surface area contributed by atoms with Crippen molar-refractivity contribution in [1.29, 1.82) is 0 Å². The number of rotatable bonds is 3. The molecule has 2 fully saturated rings. The molecule has 0 aliphatic carbocycles. The summed E-state index contributed by atoms with van der Waals surface area (Å²) < 4.78 is 0. The van der Waals surface area contributed by atoms with Crippen LogP contribution in [0.1, 0.15) is 41.9 Å². The topological polar surface area (TPSA) is 61.4 Å². The van der Waals surface area contributed by atoms with Crippen molar-refractivity contribution in [2.45, 2.75) is 44.7 Å². The van der Waals surface area contributed by atoms with E-state index in [1.165, 1.54) is 25.9 Å². The van der Waals surface area contributed by atoms with Gasteiger partial charge in [0.1, 0.15) is 5.69 Å². The third kappa shape index (κ3) is 4.26. The Labute approximate surface area is 138 Å². The minimum absolute atomic E-state index is 0.104. The third-order valence-corrected chi connectivity index (χ3v) is 5.01. The summed E-state index contributed by atoms with van der Waals surface area (Å²) >= 11 is 0. The van der Waals surface area contributed by atoms with Gasteiger partial charge in [-0.3, -0.25) is 14.7 Å². The van der Waals surface area contributed by atoms with Crippen LogP contribution in [0.4, 0.5) is 0 Å². The van der Waals surface area contributed by atoms with E-state index < -0.39 is 0 Å². The van der Waals surface area contributed by atoms with Gasteiger partial charge in [0, 0.05) is 24.8 Å². The second kappa shape index (κ2) is 7.36. The van der Waals surface area contributed by atoms with E-state index in [9.17, 15) is 4.79 Å². The predicted octanol–water partition coefficient (Wildman–Crippen LogP) is 1.07. The van der Waals surface area contributed by atoms with Gasteiger partial charge in [-0.15, -0.1) is 0 Å². The third-order valence-electron chi connectivity index (χ3n) is 5.01. The van der Waals surface area contributed by atoms with Gasteiger partial charge in [0.15, 0.2) is 0 Å². The van der Waals surface area contributed by atoms with Crippen LogP contribution in [-0.4, -0.2) is 71.0 Å². The summed E-state index contributed by atoms with van der Waals surface area (Å²) in [6, 6.07) is 0.893. The van der Waals surface area contributed by atoms with E-state index in [1.807, 2.05) is 6.92 Å². The van der Waals surface area contributed by atoms with Gasteiger partial charge in [-0.1, -0.05) is 0 Å². The molecule has 0 saturated carbocycles. The van der Waals surface area contributed by atoms with Crippen molar-refractivity contribution in [3.05, 3.63) is 23.8 Å². The number of carbonyl (C=O) groups excluding carboxylic acids is 1. The maximum Gasteiger partial charge on any atom is 0.271 e. The Bertz CT molecular complexity index is 524. The summed E-state index contributed by atoms with van der Waals surface area (Å²) in [4.78, 5) is 25.6. The predicted molar refractivity (Wildman–Crippen MR) is 89.3 cm³/mol. The Morgan fingerprint density at radius 1 is 1.17 bits per heavy atom. The molecule has 0 aromatic carbocycles. The van der Waals surface area contributed by atoms with Crippen molar-refractivity contribution >= 4 is 5.91 Å². The lowest BCUT2D eigenvalue weighted by Crippen LogP contribution is -2.53. The van der Waals surface area contributed by atoms with Crippen LogP contribution in [0.25, 0.3) is 0 Å². The molecule has 0 spiro atoms. The van der Waals surface area contributed by atoms with Gasteiger partial charge >= 0.3 is 0 Å². The summed E-state index contributed by atoms with van der Waals surface area (Å²) in [5.74, 6) is -0.104. The fraction of sp³-hybridized carbons (Fsp3) is 0.706. The number of piperidine rings is 2. The highest BCUT2D eigenvalue weighted by atomic mass is 16.2. The van der Waals surface area contributed by atoms with Crippen molar-refractivity contribution in [1.82, 2.24) is 25.1 Å².